The van der Waals surface area contributed by atoms with Crippen LogP contribution in [-0.4, -0.2) is 35.3 Å². The van der Waals surface area contributed by atoms with E-state index in [0.717, 1.165) is 36.5 Å². The molecule has 0 aromatic carbocycles. The molecule has 3 rings (SSSR count). The van der Waals surface area contributed by atoms with Crippen molar-refractivity contribution in [3.8, 4) is 0 Å². The number of anilines is 1. The Labute approximate surface area is 96.8 Å². The fraction of sp³-hybridized carbons (Fsp3) is 0.600. The highest BCUT2D eigenvalue weighted by atomic mass is 79.9. The monoisotopic (exact) mass is 269 g/mol. The van der Waals surface area contributed by atoms with Crippen LogP contribution in [-0.2, 0) is 4.74 Å². The van der Waals surface area contributed by atoms with Crippen LogP contribution < -0.4 is 4.90 Å². The molecule has 0 aliphatic carbocycles. The Morgan fingerprint density at radius 2 is 2.07 bits per heavy atom. The van der Waals surface area contributed by atoms with Crippen LogP contribution in [0.1, 0.15) is 12.8 Å². The smallest absolute Gasteiger partial charge is 0.225 e. The van der Waals surface area contributed by atoms with Gasteiger partial charge < -0.3 is 9.64 Å². The second-order valence-electron chi connectivity index (χ2n) is 4.15. The summed E-state index contributed by atoms with van der Waals surface area (Å²) in [6, 6.07) is 0. The summed E-state index contributed by atoms with van der Waals surface area (Å²) in [5.41, 5.74) is 0.121. The summed E-state index contributed by atoms with van der Waals surface area (Å²) in [6.45, 7) is 2.85. The zero-order valence-electron chi connectivity index (χ0n) is 8.32. The Bertz CT molecular complexity index is 363. The van der Waals surface area contributed by atoms with Crippen LogP contribution in [0.3, 0.4) is 0 Å². The van der Waals surface area contributed by atoms with Gasteiger partial charge in [-0.1, -0.05) is 0 Å². The van der Waals surface area contributed by atoms with E-state index in [-0.39, 0.29) is 5.60 Å². The zero-order valence-corrected chi connectivity index (χ0v) is 9.90. The van der Waals surface area contributed by atoms with Gasteiger partial charge in [-0.3, -0.25) is 0 Å². The lowest BCUT2D eigenvalue weighted by atomic mass is 9.94. The van der Waals surface area contributed by atoms with E-state index in [1.165, 1.54) is 6.42 Å². The van der Waals surface area contributed by atoms with Crippen LogP contribution in [0, 0.1) is 0 Å². The van der Waals surface area contributed by atoms with Crippen molar-refractivity contribution in [3.05, 3.63) is 16.9 Å². The Morgan fingerprint density at radius 3 is 2.60 bits per heavy atom. The Hall–Kier alpha value is -0.680. The molecule has 0 N–H and O–H groups in total. The molecule has 2 fully saturated rings. The highest BCUT2D eigenvalue weighted by Gasteiger charge is 2.45. The first kappa shape index (κ1) is 9.54. The maximum absolute atomic E-state index is 5.65. The van der Waals surface area contributed by atoms with Crippen molar-refractivity contribution in [1.82, 2.24) is 9.97 Å². The third kappa shape index (κ3) is 1.63. The maximum Gasteiger partial charge on any atom is 0.225 e. The Morgan fingerprint density at radius 1 is 1.33 bits per heavy atom. The van der Waals surface area contributed by atoms with E-state index in [9.17, 15) is 0 Å². The van der Waals surface area contributed by atoms with Gasteiger partial charge in [-0.15, -0.1) is 0 Å². The second-order valence-corrected chi connectivity index (χ2v) is 5.07. The van der Waals surface area contributed by atoms with Crippen molar-refractivity contribution in [3.63, 3.8) is 0 Å². The average Bonchev–Trinajstić information content (AvgIpc) is 2.63. The van der Waals surface area contributed by atoms with Crippen molar-refractivity contribution in [1.29, 1.82) is 0 Å². The average molecular weight is 270 g/mol. The van der Waals surface area contributed by atoms with Crippen LogP contribution >= 0.6 is 15.9 Å². The van der Waals surface area contributed by atoms with Gasteiger partial charge in [0.15, 0.2) is 0 Å². The Kier molecular flexibility index (Phi) is 2.17. The molecule has 5 heteroatoms. The molecule has 3 heterocycles. The summed E-state index contributed by atoms with van der Waals surface area (Å²) in [5, 5.41) is 0. The van der Waals surface area contributed by atoms with E-state index in [2.05, 4.69) is 30.8 Å². The van der Waals surface area contributed by atoms with Gasteiger partial charge in [-0.25, -0.2) is 9.97 Å². The molecular formula is C10H12BrN3O. The molecule has 1 spiro atoms. The van der Waals surface area contributed by atoms with Gasteiger partial charge in [0.1, 0.15) is 0 Å². The fourth-order valence-corrected chi connectivity index (χ4v) is 2.40. The quantitative estimate of drug-likeness (QED) is 0.777. The van der Waals surface area contributed by atoms with E-state index in [1.54, 1.807) is 12.4 Å². The number of hydrogen-bond donors (Lipinski definition) is 0. The molecule has 0 bridgehead atoms. The number of rotatable bonds is 1. The molecule has 80 valence electrons. The normalized spacial score (nSPS) is 29.5. The van der Waals surface area contributed by atoms with Crippen molar-refractivity contribution in [2.45, 2.75) is 18.4 Å². The van der Waals surface area contributed by atoms with Crippen LogP contribution in [0.25, 0.3) is 0 Å². The van der Waals surface area contributed by atoms with Crippen molar-refractivity contribution in [2.24, 2.45) is 0 Å². The molecule has 1 aromatic rings. The number of aromatic nitrogens is 2. The summed E-state index contributed by atoms with van der Waals surface area (Å²) < 4.78 is 6.56. The molecule has 15 heavy (non-hydrogen) atoms. The lowest BCUT2D eigenvalue weighted by Crippen LogP contribution is -2.46. The van der Waals surface area contributed by atoms with Crippen LogP contribution in [0.15, 0.2) is 16.9 Å². The SMILES string of the molecule is Brc1cnc(N2CCC3(CCO3)C2)nc1. The lowest BCUT2D eigenvalue weighted by molar-refractivity contribution is -0.130. The molecule has 2 aliphatic heterocycles. The highest BCUT2D eigenvalue weighted by Crippen LogP contribution is 2.36. The first-order valence-corrected chi connectivity index (χ1v) is 5.93. The molecule has 4 nitrogen and oxygen atoms in total. The fourth-order valence-electron chi connectivity index (χ4n) is 2.20. The van der Waals surface area contributed by atoms with E-state index in [1.807, 2.05) is 0 Å². The topological polar surface area (TPSA) is 38.2 Å². The first-order valence-electron chi connectivity index (χ1n) is 5.14. The molecule has 0 amide bonds. The molecule has 0 saturated carbocycles. The predicted molar refractivity (Wildman–Crippen MR) is 59.9 cm³/mol. The molecule has 1 atom stereocenters. The summed E-state index contributed by atoms with van der Waals surface area (Å²) >= 11 is 3.33. The van der Waals surface area contributed by atoms with E-state index < -0.39 is 0 Å². The maximum atomic E-state index is 5.65. The molecule has 1 unspecified atom stereocenters. The van der Waals surface area contributed by atoms with Gasteiger partial charge in [0.25, 0.3) is 0 Å². The second kappa shape index (κ2) is 3.42. The number of halogens is 1. The number of nitrogens with zero attached hydrogens (tertiary/aromatic N) is 3. The molecule has 1 aromatic heterocycles. The van der Waals surface area contributed by atoms with Crippen LogP contribution in [0.5, 0.6) is 0 Å². The minimum atomic E-state index is 0.121. The summed E-state index contributed by atoms with van der Waals surface area (Å²) in [5.74, 6) is 0.811. The number of hydrogen-bond acceptors (Lipinski definition) is 4. The van der Waals surface area contributed by atoms with Crippen molar-refractivity contribution >= 4 is 21.9 Å². The first-order chi connectivity index (χ1) is 7.27. The molecule has 0 radical (unpaired) electrons. The van der Waals surface area contributed by atoms with Crippen molar-refractivity contribution < 1.29 is 4.74 Å². The summed E-state index contributed by atoms with van der Waals surface area (Å²) in [6.07, 6.45) is 5.86. The van der Waals surface area contributed by atoms with Gasteiger partial charge in [-0.2, -0.15) is 0 Å². The highest BCUT2D eigenvalue weighted by molar-refractivity contribution is 9.10. The summed E-state index contributed by atoms with van der Waals surface area (Å²) in [7, 11) is 0. The van der Waals surface area contributed by atoms with Gasteiger partial charge in [-0.05, 0) is 22.4 Å². The largest absolute Gasteiger partial charge is 0.373 e. The van der Waals surface area contributed by atoms with E-state index in [0.29, 0.717) is 0 Å². The van der Waals surface area contributed by atoms with Gasteiger partial charge in [0.05, 0.1) is 23.2 Å². The van der Waals surface area contributed by atoms with E-state index in [4.69, 9.17) is 4.74 Å². The van der Waals surface area contributed by atoms with Gasteiger partial charge in [0, 0.05) is 25.4 Å². The molecule has 2 saturated heterocycles. The van der Waals surface area contributed by atoms with Gasteiger partial charge >= 0.3 is 0 Å². The molecular weight excluding hydrogens is 258 g/mol. The minimum absolute atomic E-state index is 0.121. The minimum Gasteiger partial charge on any atom is -0.373 e. The third-order valence-electron chi connectivity index (χ3n) is 3.17. The lowest BCUT2D eigenvalue weighted by Gasteiger charge is -2.38. The van der Waals surface area contributed by atoms with Gasteiger partial charge in [0.2, 0.25) is 5.95 Å². The van der Waals surface area contributed by atoms with Crippen LogP contribution in [0.2, 0.25) is 0 Å². The van der Waals surface area contributed by atoms with Crippen LogP contribution in [0.4, 0.5) is 5.95 Å². The van der Waals surface area contributed by atoms with E-state index >= 15 is 0 Å². The standard InChI is InChI=1S/C10H12BrN3O/c11-8-5-12-9(13-6-8)14-3-1-10(7-14)2-4-15-10/h5-6H,1-4,7H2. The van der Waals surface area contributed by atoms with Crippen molar-refractivity contribution in [2.75, 3.05) is 24.6 Å². The Balaban J connectivity index is 1.76. The summed E-state index contributed by atoms with van der Waals surface area (Å²) in [4.78, 5) is 10.8. The third-order valence-corrected chi connectivity index (χ3v) is 3.58. The zero-order chi connectivity index (χ0) is 10.3. The number of ether oxygens (including phenoxy) is 1. The molecule has 2 aliphatic rings. The predicted octanol–water partition coefficient (Wildman–Crippen LogP) is 1.61.